The SMILES string of the molecule is CC(=O)NNC(=O)C(C)Oc1ccc(Cl)cc1Cl. The van der Waals surface area contributed by atoms with Crippen molar-refractivity contribution in [3.63, 3.8) is 0 Å². The van der Waals surface area contributed by atoms with Crippen LogP contribution >= 0.6 is 23.2 Å². The van der Waals surface area contributed by atoms with E-state index in [2.05, 4.69) is 10.9 Å². The Morgan fingerprint density at radius 2 is 1.94 bits per heavy atom. The molecule has 0 saturated carbocycles. The van der Waals surface area contributed by atoms with Crippen molar-refractivity contribution >= 4 is 35.0 Å². The molecule has 0 bridgehead atoms. The second-order valence-electron chi connectivity index (χ2n) is 3.51. The Morgan fingerprint density at radius 1 is 1.28 bits per heavy atom. The van der Waals surface area contributed by atoms with Crippen molar-refractivity contribution in [2.24, 2.45) is 0 Å². The highest BCUT2D eigenvalue weighted by Gasteiger charge is 2.16. The van der Waals surface area contributed by atoms with Gasteiger partial charge in [-0.1, -0.05) is 23.2 Å². The van der Waals surface area contributed by atoms with E-state index in [1.807, 2.05) is 0 Å². The molecule has 2 N–H and O–H groups in total. The Bertz CT molecular complexity index is 466. The van der Waals surface area contributed by atoms with E-state index in [4.69, 9.17) is 27.9 Å². The van der Waals surface area contributed by atoms with Gasteiger partial charge in [-0.3, -0.25) is 20.4 Å². The van der Waals surface area contributed by atoms with Gasteiger partial charge in [0.2, 0.25) is 5.91 Å². The third-order valence-corrected chi connectivity index (χ3v) is 2.46. The zero-order chi connectivity index (χ0) is 13.7. The summed E-state index contributed by atoms with van der Waals surface area (Å²) in [5, 5.41) is 0.782. The van der Waals surface area contributed by atoms with Crippen LogP contribution in [0.5, 0.6) is 5.75 Å². The number of nitrogens with one attached hydrogen (secondary N) is 2. The van der Waals surface area contributed by atoms with E-state index in [0.29, 0.717) is 15.8 Å². The number of hydrazine groups is 1. The van der Waals surface area contributed by atoms with E-state index in [-0.39, 0.29) is 5.91 Å². The lowest BCUT2D eigenvalue weighted by Gasteiger charge is -2.15. The maximum Gasteiger partial charge on any atom is 0.279 e. The van der Waals surface area contributed by atoms with Gasteiger partial charge in [0.05, 0.1) is 5.02 Å². The Balaban J connectivity index is 2.60. The number of ether oxygens (including phenoxy) is 1. The minimum Gasteiger partial charge on any atom is -0.479 e. The molecule has 0 heterocycles. The molecule has 1 aromatic rings. The van der Waals surface area contributed by atoms with Gasteiger partial charge in [0.1, 0.15) is 5.75 Å². The number of halogens is 2. The summed E-state index contributed by atoms with van der Waals surface area (Å²) in [5.74, 6) is -0.525. The fourth-order valence-electron chi connectivity index (χ4n) is 1.07. The predicted molar refractivity (Wildman–Crippen MR) is 68.5 cm³/mol. The van der Waals surface area contributed by atoms with E-state index < -0.39 is 12.0 Å². The molecule has 0 aromatic heterocycles. The van der Waals surface area contributed by atoms with Gasteiger partial charge >= 0.3 is 0 Å². The summed E-state index contributed by atoms with van der Waals surface area (Å²) in [5.41, 5.74) is 4.36. The fraction of sp³-hybridized carbons (Fsp3) is 0.273. The molecule has 0 aliphatic rings. The summed E-state index contributed by atoms with van der Waals surface area (Å²) >= 11 is 11.6. The van der Waals surface area contributed by atoms with Crippen molar-refractivity contribution < 1.29 is 14.3 Å². The van der Waals surface area contributed by atoms with Crippen molar-refractivity contribution in [2.45, 2.75) is 20.0 Å². The third kappa shape index (κ3) is 4.43. The summed E-state index contributed by atoms with van der Waals surface area (Å²) in [6.07, 6.45) is -0.810. The van der Waals surface area contributed by atoms with Crippen LogP contribution in [0.3, 0.4) is 0 Å². The van der Waals surface area contributed by atoms with E-state index in [0.717, 1.165) is 0 Å². The zero-order valence-corrected chi connectivity index (χ0v) is 11.3. The number of rotatable bonds is 3. The van der Waals surface area contributed by atoms with Gasteiger partial charge < -0.3 is 4.74 Å². The zero-order valence-electron chi connectivity index (χ0n) is 9.79. The standard InChI is InChI=1S/C11H12Cl2N2O3/c1-6(11(17)15-14-7(2)16)18-10-4-3-8(12)5-9(10)13/h3-6H,1-2H3,(H,14,16)(H,15,17). The smallest absolute Gasteiger partial charge is 0.279 e. The van der Waals surface area contributed by atoms with E-state index in [1.165, 1.54) is 19.9 Å². The second kappa shape index (κ2) is 6.47. The lowest BCUT2D eigenvalue weighted by Crippen LogP contribution is -2.46. The highest BCUT2D eigenvalue weighted by atomic mass is 35.5. The second-order valence-corrected chi connectivity index (χ2v) is 4.35. The van der Waals surface area contributed by atoms with Gasteiger partial charge in [-0.05, 0) is 25.1 Å². The molecule has 1 rings (SSSR count). The van der Waals surface area contributed by atoms with Crippen LogP contribution in [0.15, 0.2) is 18.2 Å². The number of carbonyl (C=O) groups excluding carboxylic acids is 2. The average molecular weight is 291 g/mol. The maximum atomic E-state index is 11.5. The van der Waals surface area contributed by atoms with Crippen molar-refractivity contribution in [1.29, 1.82) is 0 Å². The molecule has 0 saturated heterocycles. The minimum absolute atomic E-state index is 0.307. The lowest BCUT2D eigenvalue weighted by molar-refractivity contribution is -0.132. The van der Waals surface area contributed by atoms with Crippen LogP contribution in [-0.4, -0.2) is 17.9 Å². The van der Waals surface area contributed by atoms with E-state index >= 15 is 0 Å². The van der Waals surface area contributed by atoms with Crippen LogP contribution in [-0.2, 0) is 9.59 Å². The molecule has 0 aliphatic heterocycles. The Labute approximate surface area is 114 Å². The number of carbonyl (C=O) groups is 2. The van der Waals surface area contributed by atoms with Crippen molar-refractivity contribution in [2.75, 3.05) is 0 Å². The van der Waals surface area contributed by atoms with Gasteiger partial charge in [-0.2, -0.15) is 0 Å². The largest absolute Gasteiger partial charge is 0.479 e. The molecular formula is C11H12Cl2N2O3. The van der Waals surface area contributed by atoms with Gasteiger partial charge in [-0.25, -0.2) is 0 Å². The molecule has 1 unspecified atom stereocenters. The Morgan fingerprint density at radius 3 is 2.50 bits per heavy atom. The van der Waals surface area contributed by atoms with Crippen molar-refractivity contribution in [3.8, 4) is 5.75 Å². The number of benzene rings is 1. The number of hydrogen-bond donors (Lipinski definition) is 2. The predicted octanol–water partition coefficient (Wildman–Crippen LogP) is 1.93. The first-order chi connectivity index (χ1) is 8.40. The summed E-state index contributed by atoms with van der Waals surface area (Å²) in [4.78, 5) is 22.1. The molecular weight excluding hydrogens is 279 g/mol. The van der Waals surface area contributed by atoms with Crippen LogP contribution in [0.4, 0.5) is 0 Å². The Hall–Kier alpha value is -1.46. The highest BCUT2D eigenvalue weighted by molar-refractivity contribution is 6.35. The summed E-state index contributed by atoms with van der Waals surface area (Å²) in [7, 11) is 0. The van der Waals surface area contributed by atoms with Crippen LogP contribution < -0.4 is 15.6 Å². The first-order valence-corrected chi connectivity index (χ1v) is 5.84. The molecule has 1 aromatic carbocycles. The number of amides is 2. The van der Waals surface area contributed by atoms with Crippen LogP contribution in [0.25, 0.3) is 0 Å². The molecule has 0 radical (unpaired) electrons. The van der Waals surface area contributed by atoms with Crippen LogP contribution in [0.2, 0.25) is 10.0 Å². The third-order valence-electron chi connectivity index (χ3n) is 1.93. The van der Waals surface area contributed by atoms with Crippen LogP contribution in [0, 0.1) is 0 Å². The minimum atomic E-state index is -0.810. The topological polar surface area (TPSA) is 67.4 Å². The monoisotopic (exact) mass is 290 g/mol. The van der Waals surface area contributed by atoms with Crippen LogP contribution in [0.1, 0.15) is 13.8 Å². The first kappa shape index (κ1) is 14.6. The molecule has 18 heavy (non-hydrogen) atoms. The number of hydrogen-bond acceptors (Lipinski definition) is 3. The van der Waals surface area contributed by atoms with Gasteiger partial charge in [-0.15, -0.1) is 0 Å². The summed E-state index contributed by atoms with van der Waals surface area (Å²) in [6.45, 7) is 2.81. The fourth-order valence-corrected chi connectivity index (χ4v) is 1.52. The first-order valence-electron chi connectivity index (χ1n) is 5.08. The molecule has 7 heteroatoms. The quantitative estimate of drug-likeness (QED) is 0.836. The van der Waals surface area contributed by atoms with E-state index in [9.17, 15) is 9.59 Å². The molecule has 5 nitrogen and oxygen atoms in total. The maximum absolute atomic E-state index is 11.5. The normalized spacial score (nSPS) is 11.6. The van der Waals surface area contributed by atoms with Gasteiger partial charge in [0.25, 0.3) is 5.91 Å². The van der Waals surface area contributed by atoms with E-state index in [1.54, 1.807) is 12.1 Å². The molecule has 98 valence electrons. The molecule has 0 fully saturated rings. The highest BCUT2D eigenvalue weighted by Crippen LogP contribution is 2.28. The van der Waals surface area contributed by atoms with Gasteiger partial charge in [0.15, 0.2) is 6.10 Å². The molecule has 0 spiro atoms. The van der Waals surface area contributed by atoms with Gasteiger partial charge in [0, 0.05) is 11.9 Å². The lowest BCUT2D eigenvalue weighted by atomic mass is 10.3. The Kier molecular flexibility index (Phi) is 5.25. The molecule has 1 atom stereocenters. The summed E-state index contributed by atoms with van der Waals surface area (Å²) < 4.78 is 5.34. The van der Waals surface area contributed by atoms with Crippen molar-refractivity contribution in [1.82, 2.24) is 10.9 Å². The van der Waals surface area contributed by atoms with Crippen molar-refractivity contribution in [3.05, 3.63) is 28.2 Å². The molecule has 2 amide bonds. The summed E-state index contributed by atoms with van der Waals surface area (Å²) in [6, 6.07) is 4.67. The average Bonchev–Trinajstić information content (AvgIpc) is 2.29. The molecule has 0 aliphatic carbocycles.